The van der Waals surface area contributed by atoms with Gasteiger partial charge in [-0.3, -0.25) is 9.59 Å². The van der Waals surface area contributed by atoms with Crippen LogP contribution in [-0.4, -0.2) is 28.9 Å². The van der Waals surface area contributed by atoms with E-state index in [1.54, 1.807) is 0 Å². The molecule has 0 radical (unpaired) electrons. The van der Waals surface area contributed by atoms with Gasteiger partial charge in [-0.1, -0.05) is 12.2 Å². The molecule has 0 saturated heterocycles. The Morgan fingerprint density at radius 3 is 2.28 bits per heavy atom. The first-order chi connectivity index (χ1) is 8.17. The monoisotopic (exact) mass is 271 g/mol. The zero-order chi connectivity index (χ0) is 14.0. The van der Waals surface area contributed by atoms with Crippen LogP contribution in [0, 0.1) is 5.41 Å². The minimum absolute atomic E-state index is 0.0806. The van der Waals surface area contributed by atoms with Crippen LogP contribution in [0.4, 0.5) is 0 Å². The summed E-state index contributed by atoms with van der Waals surface area (Å²) >= 11 is 4.88. The highest BCUT2D eigenvalue weighted by Crippen LogP contribution is 2.46. The SMILES string of the molecule is CC(C)(C)NC(=O)CCNC(=O)C1(C(N)=S)CC1. The average Bonchev–Trinajstić information content (AvgIpc) is 2.94. The fraction of sp³-hybridized carbons (Fsp3) is 0.750. The zero-order valence-electron chi connectivity index (χ0n) is 11.1. The predicted molar refractivity (Wildman–Crippen MR) is 74.0 cm³/mol. The van der Waals surface area contributed by atoms with Crippen LogP contribution in [-0.2, 0) is 9.59 Å². The summed E-state index contributed by atoms with van der Waals surface area (Å²) in [5.74, 6) is -0.235. The standard InChI is InChI=1S/C12H21N3O2S/c1-11(2,3)15-8(16)4-7-14-10(17)12(5-6-12)9(13)18/h4-7H2,1-3H3,(H2,13,18)(H,14,17)(H,15,16). The van der Waals surface area contributed by atoms with Gasteiger partial charge in [0.05, 0.1) is 10.4 Å². The van der Waals surface area contributed by atoms with Crippen LogP contribution in [0.15, 0.2) is 0 Å². The van der Waals surface area contributed by atoms with Crippen LogP contribution < -0.4 is 16.4 Å². The number of carbonyl (C=O) groups is 2. The maximum Gasteiger partial charge on any atom is 0.233 e. The van der Waals surface area contributed by atoms with Crippen molar-refractivity contribution in [3.05, 3.63) is 0 Å². The van der Waals surface area contributed by atoms with Crippen molar-refractivity contribution in [3.63, 3.8) is 0 Å². The molecule has 1 fully saturated rings. The Labute approximate surface area is 113 Å². The van der Waals surface area contributed by atoms with Gasteiger partial charge in [0.1, 0.15) is 0 Å². The lowest BCUT2D eigenvalue weighted by Gasteiger charge is -2.20. The molecule has 1 aliphatic rings. The van der Waals surface area contributed by atoms with E-state index < -0.39 is 5.41 Å². The Morgan fingerprint density at radius 1 is 1.33 bits per heavy atom. The summed E-state index contributed by atoms with van der Waals surface area (Å²) in [6, 6.07) is 0. The maximum atomic E-state index is 11.8. The summed E-state index contributed by atoms with van der Waals surface area (Å²) in [6.07, 6.45) is 1.68. The molecule has 102 valence electrons. The Morgan fingerprint density at radius 2 is 1.89 bits per heavy atom. The minimum Gasteiger partial charge on any atom is -0.392 e. The Kier molecular flexibility index (Phi) is 4.32. The molecule has 5 nitrogen and oxygen atoms in total. The minimum atomic E-state index is -0.643. The zero-order valence-corrected chi connectivity index (χ0v) is 11.9. The van der Waals surface area contributed by atoms with Crippen LogP contribution >= 0.6 is 12.2 Å². The first kappa shape index (κ1) is 14.9. The van der Waals surface area contributed by atoms with E-state index in [1.807, 2.05) is 20.8 Å². The van der Waals surface area contributed by atoms with Crippen molar-refractivity contribution in [1.82, 2.24) is 10.6 Å². The molecule has 0 aromatic heterocycles. The summed E-state index contributed by atoms with van der Waals surface area (Å²) in [6.45, 7) is 6.05. The molecule has 0 heterocycles. The van der Waals surface area contributed by atoms with Crippen LogP contribution in [0.2, 0.25) is 0 Å². The van der Waals surface area contributed by atoms with E-state index in [-0.39, 0.29) is 28.8 Å². The van der Waals surface area contributed by atoms with Gasteiger partial charge in [-0.25, -0.2) is 0 Å². The van der Waals surface area contributed by atoms with Gasteiger partial charge in [0, 0.05) is 18.5 Å². The van der Waals surface area contributed by atoms with E-state index in [1.165, 1.54) is 0 Å². The van der Waals surface area contributed by atoms with Crippen molar-refractivity contribution in [1.29, 1.82) is 0 Å². The lowest BCUT2D eigenvalue weighted by atomic mass is 10.1. The molecular weight excluding hydrogens is 250 g/mol. The average molecular weight is 271 g/mol. The third kappa shape index (κ3) is 3.94. The van der Waals surface area contributed by atoms with E-state index in [2.05, 4.69) is 10.6 Å². The van der Waals surface area contributed by atoms with Gasteiger partial charge in [-0.2, -0.15) is 0 Å². The van der Waals surface area contributed by atoms with Gasteiger partial charge in [0.25, 0.3) is 0 Å². The number of amides is 2. The van der Waals surface area contributed by atoms with Crippen molar-refractivity contribution in [2.45, 2.75) is 45.6 Å². The number of thiocarbonyl (C=S) groups is 1. The molecular formula is C12H21N3O2S. The molecule has 0 atom stereocenters. The van der Waals surface area contributed by atoms with Gasteiger partial charge >= 0.3 is 0 Å². The summed E-state index contributed by atoms with van der Waals surface area (Å²) < 4.78 is 0. The van der Waals surface area contributed by atoms with E-state index >= 15 is 0 Å². The maximum absolute atomic E-state index is 11.8. The topological polar surface area (TPSA) is 84.2 Å². The number of nitrogens with two attached hydrogens (primary N) is 1. The third-order valence-corrected chi connectivity index (χ3v) is 3.20. The van der Waals surface area contributed by atoms with Gasteiger partial charge < -0.3 is 16.4 Å². The van der Waals surface area contributed by atoms with Crippen molar-refractivity contribution in [2.75, 3.05) is 6.54 Å². The Balaban J connectivity index is 2.29. The third-order valence-electron chi connectivity index (χ3n) is 2.81. The van der Waals surface area contributed by atoms with Gasteiger partial charge in [-0.15, -0.1) is 0 Å². The molecule has 18 heavy (non-hydrogen) atoms. The molecule has 0 spiro atoms. The first-order valence-electron chi connectivity index (χ1n) is 6.07. The molecule has 0 bridgehead atoms. The second-order valence-corrected chi connectivity index (χ2v) is 6.19. The predicted octanol–water partition coefficient (Wildman–Crippen LogP) is 0.474. The normalized spacial score (nSPS) is 16.8. The number of hydrogen-bond acceptors (Lipinski definition) is 3. The second-order valence-electron chi connectivity index (χ2n) is 5.75. The first-order valence-corrected chi connectivity index (χ1v) is 6.47. The number of carbonyl (C=O) groups excluding carboxylic acids is 2. The van der Waals surface area contributed by atoms with E-state index in [0.717, 1.165) is 0 Å². The summed E-state index contributed by atoms with van der Waals surface area (Å²) in [5.41, 5.74) is 4.64. The summed E-state index contributed by atoms with van der Waals surface area (Å²) in [5, 5.41) is 5.55. The molecule has 1 saturated carbocycles. The second kappa shape index (κ2) is 5.22. The largest absolute Gasteiger partial charge is 0.392 e. The van der Waals surface area contributed by atoms with Crippen molar-refractivity contribution in [2.24, 2.45) is 11.1 Å². The molecule has 0 aromatic carbocycles. The van der Waals surface area contributed by atoms with Crippen molar-refractivity contribution in [3.8, 4) is 0 Å². The number of nitrogens with one attached hydrogen (secondary N) is 2. The molecule has 2 amide bonds. The van der Waals surface area contributed by atoms with Crippen LogP contribution in [0.5, 0.6) is 0 Å². The quantitative estimate of drug-likeness (QED) is 0.635. The molecule has 0 aliphatic heterocycles. The molecule has 1 rings (SSSR count). The fourth-order valence-corrected chi connectivity index (χ4v) is 1.95. The lowest BCUT2D eigenvalue weighted by Crippen LogP contribution is -2.43. The van der Waals surface area contributed by atoms with Gasteiger partial charge in [0.15, 0.2) is 0 Å². The van der Waals surface area contributed by atoms with Crippen LogP contribution in [0.25, 0.3) is 0 Å². The Bertz CT molecular complexity index is 370. The highest BCUT2D eigenvalue weighted by atomic mass is 32.1. The van der Waals surface area contributed by atoms with E-state index in [4.69, 9.17) is 18.0 Å². The molecule has 4 N–H and O–H groups in total. The van der Waals surface area contributed by atoms with Gasteiger partial charge in [0.2, 0.25) is 11.8 Å². The van der Waals surface area contributed by atoms with Gasteiger partial charge in [-0.05, 0) is 33.6 Å². The van der Waals surface area contributed by atoms with E-state index in [0.29, 0.717) is 19.4 Å². The van der Waals surface area contributed by atoms with Crippen LogP contribution in [0.3, 0.4) is 0 Å². The van der Waals surface area contributed by atoms with Crippen LogP contribution in [0.1, 0.15) is 40.0 Å². The summed E-state index contributed by atoms with van der Waals surface area (Å²) in [4.78, 5) is 23.6. The van der Waals surface area contributed by atoms with E-state index in [9.17, 15) is 9.59 Å². The highest BCUT2D eigenvalue weighted by Gasteiger charge is 2.52. The van der Waals surface area contributed by atoms with Crippen molar-refractivity contribution < 1.29 is 9.59 Å². The molecule has 1 aliphatic carbocycles. The molecule has 0 aromatic rings. The smallest absolute Gasteiger partial charge is 0.233 e. The summed E-state index contributed by atoms with van der Waals surface area (Å²) in [7, 11) is 0. The number of rotatable bonds is 5. The highest BCUT2D eigenvalue weighted by molar-refractivity contribution is 7.80. The fourth-order valence-electron chi connectivity index (χ4n) is 1.65. The Hall–Kier alpha value is -1.17. The number of hydrogen-bond donors (Lipinski definition) is 3. The molecule has 0 unspecified atom stereocenters. The lowest BCUT2D eigenvalue weighted by molar-refractivity contribution is -0.124. The molecule has 6 heteroatoms. The van der Waals surface area contributed by atoms with Crippen molar-refractivity contribution >= 4 is 29.0 Å².